The fourth-order valence-electron chi connectivity index (χ4n) is 1.51. The number of nitrogens with two attached hydrogens (primary N) is 1. The van der Waals surface area contributed by atoms with Crippen LogP contribution in [-0.4, -0.2) is 19.1 Å². The van der Waals surface area contributed by atoms with Gasteiger partial charge >= 0.3 is 0 Å². The molecule has 0 amide bonds. The number of rotatable bonds is 1. The van der Waals surface area contributed by atoms with Crippen LogP contribution >= 0.6 is 0 Å². The quantitative estimate of drug-likeness (QED) is 0.566. The first-order chi connectivity index (χ1) is 5.34. The average Bonchev–Trinajstić information content (AvgIpc) is 2.30. The zero-order valence-corrected chi connectivity index (χ0v) is 6.71. The summed E-state index contributed by atoms with van der Waals surface area (Å²) in [5.41, 5.74) is 5.63. The molecule has 62 valence electrons. The summed E-state index contributed by atoms with van der Waals surface area (Å²) in [5, 5.41) is 11.9. The molecule has 1 rings (SSSR count). The number of hydrogen-bond acceptors (Lipinski definition) is 3. The molecule has 0 aromatic rings. The van der Waals surface area contributed by atoms with Crippen LogP contribution in [-0.2, 0) is 0 Å². The fraction of sp³-hybridized carbons (Fsp3) is 0.875. The molecule has 2 atom stereocenters. The summed E-state index contributed by atoms with van der Waals surface area (Å²) >= 11 is 0. The molecule has 1 aliphatic heterocycles. The third kappa shape index (κ3) is 2.49. The van der Waals surface area contributed by atoms with Crippen LogP contribution in [0.15, 0.2) is 0 Å². The summed E-state index contributed by atoms with van der Waals surface area (Å²) in [7, 11) is 0. The monoisotopic (exact) mass is 153 g/mol. The minimum atomic E-state index is -0.255. The lowest BCUT2D eigenvalue weighted by Gasteiger charge is -2.14. The molecular formula is C8H15N3. The maximum absolute atomic E-state index is 8.58. The molecule has 1 saturated heterocycles. The Hall–Kier alpha value is -0.590. The van der Waals surface area contributed by atoms with Crippen LogP contribution in [0.1, 0.15) is 19.3 Å². The van der Waals surface area contributed by atoms with Crippen LogP contribution in [0.2, 0.25) is 0 Å². The normalized spacial score (nSPS) is 28.5. The number of hydrogen-bond donors (Lipinski definition) is 2. The van der Waals surface area contributed by atoms with Crippen molar-refractivity contribution in [2.45, 2.75) is 25.3 Å². The Morgan fingerprint density at radius 3 is 3.00 bits per heavy atom. The van der Waals surface area contributed by atoms with E-state index in [1.165, 1.54) is 0 Å². The van der Waals surface area contributed by atoms with Crippen molar-refractivity contribution >= 4 is 0 Å². The molecule has 1 fully saturated rings. The van der Waals surface area contributed by atoms with Gasteiger partial charge in [0.25, 0.3) is 0 Å². The second-order valence-electron chi connectivity index (χ2n) is 3.10. The molecule has 0 aliphatic carbocycles. The molecule has 1 aliphatic rings. The Morgan fingerprint density at radius 2 is 2.27 bits per heavy atom. The van der Waals surface area contributed by atoms with E-state index in [0.717, 1.165) is 32.4 Å². The smallest absolute Gasteiger partial charge is 0.0957 e. The lowest BCUT2D eigenvalue weighted by Crippen LogP contribution is -2.29. The van der Waals surface area contributed by atoms with Crippen molar-refractivity contribution in [3.63, 3.8) is 0 Å². The largest absolute Gasteiger partial charge is 0.317 e. The summed E-state index contributed by atoms with van der Waals surface area (Å²) < 4.78 is 0. The highest BCUT2D eigenvalue weighted by molar-refractivity contribution is 4.92. The Morgan fingerprint density at radius 1 is 1.45 bits per heavy atom. The SMILES string of the molecule is N#CC(N)C1CCCNCC1. The van der Waals surface area contributed by atoms with Crippen molar-refractivity contribution in [3.05, 3.63) is 0 Å². The van der Waals surface area contributed by atoms with E-state index >= 15 is 0 Å². The first kappa shape index (κ1) is 8.51. The van der Waals surface area contributed by atoms with Gasteiger partial charge in [-0.2, -0.15) is 5.26 Å². The minimum absolute atomic E-state index is 0.255. The van der Waals surface area contributed by atoms with Crippen LogP contribution in [0, 0.1) is 17.2 Å². The van der Waals surface area contributed by atoms with Gasteiger partial charge in [-0.1, -0.05) is 0 Å². The maximum atomic E-state index is 8.58. The second-order valence-corrected chi connectivity index (χ2v) is 3.10. The molecule has 3 N–H and O–H groups in total. The average molecular weight is 153 g/mol. The van der Waals surface area contributed by atoms with Crippen LogP contribution in [0.25, 0.3) is 0 Å². The van der Waals surface area contributed by atoms with E-state index in [4.69, 9.17) is 11.0 Å². The molecule has 0 radical (unpaired) electrons. The van der Waals surface area contributed by atoms with Gasteiger partial charge < -0.3 is 11.1 Å². The number of nitriles is 1. The van der Waals surface area contributed by atoms with Crippen LogP contribution in [0.4, 0.5) is 0 Å². The summed E-state index contributed by atoms with van der Waals surface area (Å²) in [6.07, 6.45) is 3.30. The van der Waals surface area contributed by atoms with E-state index in [1.807, 2.05) is 0 Å². The molecule has 1 heterocycles. The molecular weight excluding hydrogens is 138 g/mol. The van der Waals surface area contributed by atoms with Crippen molar-refractivity contribution in [1.82, 2.24) is 5.32 Å². The summed E-state index contributed by atoms with van der Waals surface area (Å²) in [5.74, 6) is 0.412. The summed E-state index contributed by atoms with van der Waals surface area (Å²) in [6, 6.07) is 1.86. The van der Waals surface area contributed by atoms with Crippen molar-refractivity contribution < 1.29 is 0 Å². The fourth-order valence-corrected chi connectivity index (χ4v) is 1.51. The number of nitrogens with zero attached hydrogens (tertiary/aromatic N) is 1. The Bertz CT molecular complexity index is 142. The van der Waals surface area contributed by atoms with Crippen LogP contribution in [0.5, 0.6) is 0 Å². The third-order valence-electron chi connectivity index (χ3n) is 2.28. The Balaban J connectivity index is 2.37. The predicted molar refractivity (Wildman–Crippen MR) is 43.8 cm³/mol. The van der Waals surface area contributed by atoms with Gasteiger partial charge in [-0.3, -0.25) is 0 Å². The lowest BCUT2D eigenvalue weighted by molar-refractivity contribution is 0.434. The molecule has 0 aromatic heterocycles. The lowest BCUT2D eigenvalue weighted by atomic mass is 9.94. The van der Waals surface area contributed by atoms with Crippen molar-refractivity contribution in [2.24, 2.45) is 11.7 Å². The molecule has 2 unspecified atom stereocenters. The van der Waals surface area contributed by atoms with E-state index in [-0.39, 0.29) is 6.04 Å². The van der Waals surface area contributed by atoms with Gasteiger partial charge in [0.2, 0.25) is 0 Å². The topological polar surface area (TPSA) is 61.8 Å². The number of nitrogens with one attached hydrogen (secondary N) is 1. The summed E-state index contributed by atoms with van der Waals surface area (Å²) in [4.78, 5) is 0. The summed E-state index contributed by atoms with van der Waals surface area (Å²) in [6.45, 7) is 2.09. The highest BCUT2D eigenvalue weighted by Gasteiger charge is 2.18. The maximum Gasteiger partial charge on any atom is 0.0957 e. The highest BCUT2D eigenvalue weighted by Crippen LogP contribution is 2.15. The van der Waals surface area contributed by atoms with Gasteiger partial charge in [0.05, 0.1) is 12.1 Å². The predicted octanol–water partition coefficient (Wildman–Crippen LogP) is 0.227. The van der Waals surface area contributed by atoms with E-state index in [2.05, 4.69) is 11.4 Å². The van der Waals surface area contributed by atoms with Crippen molar-refractivity contribution in [3.8, 4) is 6.07 Å². The second kappa shape index (κ2) is 4.32. The van der Waals surface area contributed by atoms with Gasteiger partial charge in [0.1, 0.15) is 0 Å². The first-order valence-corrected chi connectivity index (χ1v) is 4.20. The molecule has 0 spiro atoms. The van der Waals surface area contributed by atoms with Gasteiger partial charge in [0.15, 0.2) is 0 Å². The van der Waals surface area contributed by atoms with Crippen molar-refractivity contribution in [2.75, 3.05) is 13.1 Å². The first-order valence-electron chi connectivity index (χ1n) is 4.20. The van der Waals surface area contributed by atoms with E-state index in [0.29, 0.717) is 5.92 Å². The third-order valence-corrected chi connectivity index (χ3v) is 2.28. The van der Waals surface area contributed by atoms with Crippen molar-refractivity contribution in [1.29, 1.82) is 5.26 Å². The highest BCUT2D eigenvalue weighted by atomic mass is 14.9. The molecule has 11 heavy (non-hydrogen) atoms. The van der Waals surface area contributed by atoms with Gasteiger partial charge in [-0.15, -0.1) is 0 Å². The Labute approximate surface area is 67.6 Å². The zero-order valence-electron chi connectivity index (χ0n) is 6.71. The van der Waals surface area contributed by atoms with Crippen LogP contribution in [0.3, 0.4) is 0 Å². The van der Waals surface area contributed by atoms with Crippen LogP contribution < -0.4 is 11.1 Å². The standard InChI is InChI=1S/C8H15N3/c9-6-8(10)7-2-1-4-11-5-3-7/h7-8,11H,1-5,10H2. The van der Waals surface area contributed by atoms with E-state index in [9.17, 15) is 0 Å². The van der Waals surface area contributed by atoms with Gasteiger partial charge in [0, 0.05) is 0 Å². The molecule has 3 nitrogen and oxygen atoms in total. The van der Waals surface area contributed by atoms with Gasteiger partial charge in [-0.05, 0) is 38.3 Å². The van der Waals surface area contributed by atoms with E-state index < -0.39 is 0 Å². The van der Waals surface area contributed by atoms with E-state index in [1.54, 1.807) is 0 Å². The molecule has 0 bridgehead atoms. The molecule has 3 heteroatoms. The molecule has 0 saturated carbocycles. The minimum Gasteiger partial charge on any atom is -0.317 e. The molecule has 0 aromatic carbocycles. The Kier molecular flexibility index (Phi) is 3.34. The zero-order chi connectivity index (χ0) is 8.10. The van der Waals surface area contributed by atoms with Gasteiger partial charge in [-0.25, -0.2) is 0 Å².